The van der Waals surface area contributed by atoms with Gasteiger partial charge in [0, 0.05) is 28.9 Å². The van der Waals surface area contributed by atoms with Crippen LogP contribution in [-0.2, 0) is 14.6 Å². The number of carbonyl (C=O) groups excluding carboxylic acids is 2. The third-order valence-corrected chi connectivity index (χ3v) is 8.90. The number of nitrogens with zero attached hydrogens (tertiary/aromatic N) is 1. The molecule has 0 saturated heterocycles. The zero-order valence-corrected chi connectivity index (χ0v) is 22.3. The monoisotopic (exact) mass is 553 g/mol. The molecule has 2 N–H and O–H groups in total. The van der Waals surface area contributed by atoms with Crippen LogP contribution in [0.1, 0.15) is 28.9 Å². The first kappa shape index (κ1) is 25.4. The van der Waals surface area contributed by atoms with E-state index in [0.29, 0.717) is 32.5 Å². The summed E-state index contributed by atoms with van der Waals surface area (Å²) in [5, 5.41) is 7.21. The normalized spacial score (nSPS) is 17.6. The average molecular weight is 554 g/mol. The molecular weight excluding hydrogens is 530 g/mol. The van der Waals surface area contributed by atoms with Gasteiger partial charge in [0.05, 0.1) is 15.7 Å². The lowest BCUT2D eigenvalue weighted by atomic mass is 10.0. The van der Waals surface area contributed by atoms with Gasteiger partial charge in [-0.3, -0.25) is 9.59 Å². The van der Waals surface area contributed by atoms with Gasteiger partial charge < -0.3 is 10.6 Å². The number of benzene rings is 2. The standard InChI is InChI=1S/C27H24ClN3O4S2/c1-37(34,35)23-8-3-2-5-19(23)16-9-12-18(13-10-16)29-25(32)20-6-4-7-21(20)30-26(33)22-15-17-11-14-24(28)31-27(17)36-22/h2-3,5,8-15,20-21H,4,6-7H2,1H3,(H,29,32)(H,30,33)/t20-,21+/m0/s1. The fourth-order valence-electron chi connectivity index (χ4n) is 4.69. The number of halogens is 1. The first-order valence-corrected chi connectivity index (χ1v) is 14.8. The van der Waals surface area contributed by atoms with Gasteiger partial charge in [-0.15, -0.1) is 11.3 Å². The SMILES string of the molecule is CS(=O)(=O)c1ccccc1-c1ccc(NC(=O)[C@H]2CCC[C@H]2NC(=O)c2cc3ccc(Cl)nc3s2)cc1. The lowest BCUT2D eigenvalue weighted by Gasteiger charge is -2.20. The molecule has 0 aliphatic heterocycles. The van der Waals surface area contributed by atoms with Gasteiger partial charge in [0.1, 0.15) is 9.98 Å². The van der Waals surface area contributed by atoms with Gasteiger partial charge in [0.15, 0.2) is 9.84 Å². The highest BCUT2D eigenvalue weighted by atomic mass is 35.5. The van der Waals surface area contributed by atoms with Crippen molar-refractivity contribution in [3.05, 3.63) is 76.8 Å². The maximum atomic E-state index is 13.1. The number of aromatic nitrogens is 1. The number of nitrogens with one attached hydrogen (secondary N) is 2. The molecule has 2 heterocycles. The first-order valence-electron chi connectivity index (χ1n) is 11.8. The number of rotatable bonds is 6. The van der Waals surface area contributed by atoms with Crippen molar-refractivity contribution in [1.29, 1.82) is 0 Å². The second-order valence-corrected chi connectivity index (χ2v) is 12.5. The van der Waals surface area contributed by atoms with Crippen molar-refractivity contribution < 1.29 is 18.0 Å². The Morgan fingerprint density at radius 3 is 2.54 bits per heavy atom. The van der Waals surface area contributed by atoms with Gasteiger partial charge >= 0.3 is 0 Å². The third kappa shape index (κ3) is 5.53. The van der Waals surface area contributed by atoms with Crippen LogP contribution in [0, 0.1) is 5.92 Å². The number of carbonyl (C=O) groups is 2. The van der Waals surface area contributed by atoms with Crippen molar-refractivity contribution in [2.45, 2.75) is 30.2 Å². The third-order valence-electron chi connectivity index (χ3n) is 6.49. The summed E-state index contributed by atoms with van der Waals surface area (Å²) >= 11 is 7.23. The van der Waals surface area contributed by atoms with E-state index in [1.54, 1.807) is 60.7 Å². The van der Waals surface area contributed by atoms with Crippen LogP contribution in [0.4, 0.5) is 5.69 Å². The number of thiophene rings is 1. The Morgan fingerprint density at radius 2 is 1.78 bits per heavy atom. The fraction of sp³-hybridized carbons (Fsp3) is 0.222. The Labute approximate surface area is 223 Å². The molecule has 2 atom stereocenters. The molecule has 0 unspecified atom stereocenters. The van der Waals surface area contributed by atoms with Gasteiger partial charge in [-0.05, 0) is 54.8 Å². The molecule has 5 rings (SSSR count). The molecule has 1 fully saturated rings. The molecule has 4 aromatic rings. The Morgan fingerprint density at radius 1 is 1.03 bits per heavy atom. The summed E-state index contributed by atoms with van der Waals surface area (Å²) in [4.78, 5) is 31.7. The number of pyridine rings is 1. The maximum absolute atomic E-state index is 13.1. The van der Waals surface area contributed by atoms with Crippen LogP contribution in [0.15, 0.2) is 71.6 Å². The largest absolute Gasteiger partial charge is 0.348 e. The summed E-state index contributed by atoms with van der Waals surface area (Å²) in [5.74, 6) is -0.730. The Kier molecular flexibility index (Phi) is 7.02. The van der Waals surface area contributed by atoms with Crippen molar-refractivity contribution >= 4 is 60.5 Å². The highest BCUT2D eigenvalue weighted by molar-refractivity contribution is 7.90. The van der Waals surface area contributed by atoms with E-state index >= 15 is 0 Å². The Bertz CT molecular complexity index is 1600. The van der Waals surface area contributed by atoms with Gasteiger partial charge in [0.25, 0.3) is 5.91 Å². The minimum Gasteiger partial charge on any atom is -0.348 e. The van der Waals surface area contributed by atoms with Crippen molar-refractivity contribution in [3.63, 3.8) is 0 Å². The Balaban J connectivity index is 1.26. The lowest BCUT2D eigenvalue weighted by molar-refractivity contribution is -0.120. The number of amides is 2. The highest BCUT2D eigenvalue weighted by Crippen LogP contribution is 2.31. The molecule has 0 spiro atoms. The number of anilines is 1. The van der Waals surface area contributed by atoms with Gasteiger partial charge in [0.2, 0.25) is 5.91 Å². The number of fused-ring (bicyclic) bond motifs is 1. The second kappa shape index (κ2) is 10.2. The van der Waals surface area contributed by atoms with Crippen molar-refractivity contribution in [1.82, 2.24) is 10.3 Å². The van der Waals surface area contributed by atoms with Crippen molar-refractivity contribution in [2.24, 2.45) is 5.92 Å². The van der Waals surface area contributed by atoms with E-state index < -0.39 is 9.84 Å². The molecule has 1 saturated carbocycles. The maximum Gasteiger partial charge on any atom is 0.261 e. The molecule has 190 valence electrons. The van der Waals surface area contributed by atoms with Crippen LogP contribution in [0.2, 0.25) is 5.15 Å². The zero-order chi connectivity index (χ0) is 26.2. The molecule has 2 aromatic heterocycles. The van der Waals surface area contributed by atoms with E-state index in [4.69, 9.17) is 11.6 Å². The smallest absolute Gasteiger partial charge is 0.261 e. The number of sulfone groups is 1. The first-order chi connectivity index (χ1) is 17.7. The summed E-state index contributed by atoms with van der Waals surface area (Å²) in [7, 11) is -3.38. The molecule has 0 bridgehead atoms. The van der Waals surface area contributed by atoms with E-state index in [0.717, 1.165) is 23.8 Å². The van der Waals surface area contributed by atoms with Crippen LogP contribution < -0.4 is 10.6 Å². The van der Waals surface area contributed by atoms with E-state index in [-0.39, 0.29) is 28.7 Å². The fourth-order valence-corrected chi connectivity index (χ4v) is 6.73. The summed E-state index contributed by atoms with van der Waals surface area (Å²) in [5.41, 5.74) is 1.96. The van der Waals surface area contributed by atoms with E-state index in [9.17, 15) is 18.0 Å². The minimum absolute atomic E-state index is 0.156. The lowest BCUT2D eigenvalue weighted by Crippen LogP contribution is -2.41. The van der Waals surface area contributed by atoms with Gasteiger partial charge in [-0.2, -0.15) is 0 Å². The Hall–Kier alpha value is -3.27. The van der Waals surface area contributed by atoms with Crippen LogP contribution in [0.5, 0.6) is 0 Å². The van der Waals surface area contributed by atoms with Crippen molar-refractivity contribution in [2.75, 3.05) is 11.6 Å². The summed E-state index contributed by atoms with van der Waals surface area (Å²) < 4.78 is 24.3. The molecule has 10 heteroatoms. The summed E-state index contributed by atoms with van der Waals surface area (Å²) in [6.45, 7) is 0. The number of hydrogen-bond acceptors (Lipinski definition) is 6. The quantitative estimate of drug-likeness (QED) is 0.304. The summed E-state index contributed by atoms with van der Waals surface area (Å²) in [6, 6.07) is 18.9. The topological polar surface area (TPSA) is 105 Å². The average Bonchev–Trinajstić information content (AvgIpc) is 3.51. The molecule has 1 aliphatic carbocycles. The van der Waals surface area contributed by atoms with Gasteiger partial charge in [-0.25, -0.2) is 13.4 Å². The van der Waals surface area contributed by atoms with E-state index in [1.807, 2.05) is 6.07 Å². The summed E-state index contributed by atoms with van der Waals surface area (Å²) in [6.07, 6.45) is 3.43. The van der Waals surface area contributed by atoms with Gasteiger partial charge in [-0.1, -0.05) is 48.4 Å². The molecule has 0 radical (unpaired) electrons. The van der Waals surface area contributed by atoms with Crippen LogP contribution >= 0.6 is 22.9 Å². The predicted octanol–water partition coefficient (Wildman–Crippen LogP) is 5.56. The minimum atomic E-state index is -3.38. The van der Waals surface area contributed by atoms with Crippen LogP contribution in [-0.4, -0.2) is 37.5 Å². The molecule has 2 amide bonds. The second-order valence-electron chi connectivity index (χ2n) is 9.09. The molecular formula is C27H24ClN3O4S2. The molecule has 2 aromatic carbocycles. The van der Waals surface area contributed by atoms with E-state index in [2.05, 4.69) is 15.6 Å². The molecule has 1 aliphatic rings. The molecule has 37 heavy (non-hydrogen) atoms. The number of hydrogen-bond donors (Lipinski definition) is 2. The van der Waals surface area contributed by atoms with E-state index in [1.165, 1.54) is 17.6 Å². The van der Waals surface area contributed by atoms with Crippen LogP contribution in [0.3, 0.4) is 0 Å². The highest BCUT2D eigenvalue weighted by Gasteiger charge is 2.34. The predicted molar refractivity (Wildman–Crippen MR) is 147 cm³/mol. The van der Waals surface area contributed by atoms with Crippen LogP contribution in [0.25, 0.3) is 21.3 Å². The van der Waals surface area contributed by atoms with Crippen molar-refractivity contribution in [3.8, 4) is 11.1 Å². The molecule has 7 nitrogen and oxygen atoms in total. The zero-order valence-electron chi connectivity index (χ0n) is 19.9.